The highest BCUT2D eigenvalue weighted by atomic mass is 16.1. The molecule has 0 aliphatic rings. The molecule has 0 atom stereocenters. The van der Waals surface area contributed by atoms with Crippen LogP contribution in [0.3, 0.4) is 0 Å². The normalized spacial score (nSPS) is 8.00. The first-order valence-electron chi connectivity index (χ1n) is 2.62. The lowest BCUT2D eigenvalue weighted by Crippen LogP contribution is -1.63. The molecule has 0 aromatic carbocycles. The molecule has 0 aliphatic heterocycles. The molecule has 0 saturated heterocycles. The monoisotopic (exact) mass is 120 g/mol. The van der Waals surface area contributed by atoms with Crippen molar-refractivity contribution < 1.29 is 4.79 Å². The van der Waals surface area contributed by atoms with Gasteiger partial charge in [0.1, 0.15) is 6.29 Å². The Morgan fingerprint density at radius 2 is 2.22 bits per heavy atom. The van der Waals surface area contributed by atoms with Gasteiger partial charge in [-0.15, -0.1) is 0 Å². The van der Waals surface area contributed by atoms with E-state index in [1.54, 1.807) is 12.2 Å². The lowest BCUT2D eigenvalue weighted by Gasteiger charge is -1.67. The van der Waals surface area contributed by atoms with Gasteiger partial charge in [0.05, 0.1) is 0 Å². The molecule has 0 radical (unpaired) electrons. The Labute approximate surface area is 55.1 Å². The summed E-state index contributed by atoms with van der Waals surface area (Å²) >= 11 is 0. The summed E-state index contributed by atoms with van der Waals surface area (Å²) in [6, 6.07) is 0. The van der Waals surface area contributed by atoms with Gasteiger partial charge in [-0.1, -0.05) is 24.5 Å². The van der Waals surface area contributed by atoms with Gasteiger partial charge >= 0.3 is 0 Å². The number of rotatable bonds is 2. The summed E-state index contributed by atoms with van der Waals surface area (Å²) < 4.78 is 0. The molecule has 0 spiro atoms. The van der Waals surface area contributed by atoms with Crippen LogP contribution in [0.4, 0.5) is 0 Å². The molecule has 46 valence electrons. The summed E-state index contributed by atoms with van der Waals surface area (Å²) in [5.41, 5.74) is 0. The highest BCUT2D eigenvalue weighted by Gasteiger charge is 1.65. The van der Waals surface area contributed by atoms with E-state index in [1.807, 2.05) is 0 Å². The highest BCUT2D eigenvalue weighted by Crippen LogP contribution is 1.74. The summed E-state index contributed by atoms with van der Waals surface area (Å²) in [4.78, 5) is 9.72. The second-order valence-corrected chi connectivity index (χ2v) is 1.30. The maximum Gasteiger partial charge on any atom is 0.123 e. The van der Waals surface area contributed by atoms with Crippen LogP contribution in [0, 0.1) is 11.8 Å². The van der Waals surface area contributed by atoms with Crippen molar-refractivity contribution in [1.29, 1.82) is 0 Å². The average Bonchev–Trinajstić information content (AvgIpc) is 1.89. The first-order chi connectivity index (χ1) is 4.41. The molecule has 0 aliphatic carbocycles. The lowest BCUT2D eigenvalue weighted by atomic mass is 10.4. The van der Waals surface area contributed by atoms with Crippen molar-refractivity contribution in [2.24, 2.45) is 0 Å². The van der Waals surface area contributed by atoms with Crippen LogP contribution in [0.1, 0.15) is 6.42 Å². The van der Waals surface area contributed by atoms with Crippen LogP contribution in [0.15, 0.2) is 24.8 Å². The summed E-state index contributed by atoms with van der Waals surface area (Å²) in [5.74, 6) is 5.28. The van der Waals surface area contributed by atoms with E-state index in [9.17, 15) is 4.79 Å². The van der Waals surface area contributed by atoms with Crippen LogP contribution in [0.5, 0.6) is 0 Å². The predicted molar refractivity (Wildman–Crippen MR) is 37.8 cm³/mol. The first kappa shape index (κ1) is 7.71. The Morgan fingerprint density at radius 1 is 1.44 bits per heavy atom. The number of aldehydes is 1. The van der Waals surface area contributed by atoms with Gasteiger partial charge in [-0.2, -0.15) is 0 Å². The van der Waals surface area contributed by atoms with Crippen molar-refractivity contribution in [3.63, 3.8) is 0 Å². The third kappa shape index (κ3) is 6.71. The fraction of sp³-hybridized carbons (Fsp3) is 0.125. The molecule has 1 heteroatoms. The van der Waals surface area contributed by atoms with Gasteiger partial charge in [0.2, 0.25) is 0 Å². The van der Waals surface area contributed by atoms with Crippen LogP contribution < -0.4 is 0 Å². The van der Waals surface area contributed by atoms with Crippen molar-refractivity contribution in [2.45, 2.75) is 6.42 Å². The smallest absolute Gasteiger partial charge is 0.123 e. The Hall–Kier alpha value is -1.29. The minimum absolute atomic E-state index is 0.436. The summed E-state index contributed by atoms with van der Waals surface area (Å²) in [7, 11) is 0. The van der Waals surface area contributed by atoms with Gasteiger partial charge in [-0.25, -0.2) is 0 Å². The molecule has 0 aromatic heterocycles. The number of allylic oxidation sites excluding steroid dienone is 3. The third-order valence-corrected chi connectivity index (χ3v) is 0.619. The fourth-order valence-electron chi connectivity index (χ4n) is 0.290. The molecular formula is C8H8O. The first-order valence-corrected chi connectivity index (χ1v) is 2.62. The standard InChI is InChI=1S/C8H8O/c1-2-3-4-5-6-7-8-9/h2,5-6,8H,1,7H2. The fourth-order valence-corrected chi connectivity index (χ4v) is 0.290. The van der Waals surface area contributed by atoms with Crippen LogP contribution in [-0.2, 0) is 4.79 Å². The number of hydrogen-bond donors (Lipinski definition) is 0. The van der Waals surface area contributed by atoms with Crippen LogP contribution >= 0.6 is 0 Å². The average molecular weight is 120 g/mol. The van der Waals surface area contributed by atoms with E-state index in [0.29, 0.717) is 6.42 Å². The molecule has 0 amide bonds. The van der Waals surface area contributed by atoms with Gasteiger partial charge in [0.25, 0.3) is 0 Å². The van der Waals surface area contributed by atoms with Crippen LogP contribution in [0.2, 0.25) is 0 Å². The molecule has 0 fully saturated rings. The second-order valence-electron chi connectivity index (χ2n) is 1.30. The Balaban J connectivity index is 3.45. The van der Waals surface area contributed by atoms with E-state index < -0.39 is 0 Å². The predicted octanol–water partition coefficient (Wildman–Crippen LogP) is 1.32. The molecular weight excluding hydrogens is 112 g/mol. The molecule has 9 heavy (non-hydrogen) atoms. The van der Waals surface area contributed by atoms with Gasteiger partial charge in [0.15, 0.2) is 0 Å². The maximum absolute atomic E-state index is 9.72. The topological polar surface area (TPSA) is 17.1 Å². The summed E-state index contributed by atoms with van der Waals surface area (Å²) in [6.45, 7) is 3.40. The zero-order chi connectivity index (χ0) is 6.95. The van der Waals surface area contributed by atoms with E-state index in [1.165, 1.54) is 6.08 Å². The Bertz CT molecular complexity index is 167. The van der Waals surface area contributed by atoms with Crippen molar-refractivity contribution in [1.82, 2.24) is 0 Å². The van der Waals surface area contributed by atoms with Crippen molar-refractivity contribution >= 4 is 6.29 Å². The van der Waals surface area contributed by atoms with Gasteiger partial charge in [-0.05, 0) is 12.2 Å². The van der Waals surface area contributed by atoms with Crippen LogP contribution in [0.25, 0.3) is 0 Å². The van der Waals surface area contributed by atoms with Crippen molar-refractivity contribution in [2.75, 3.05) is 0 Å². The zero-order valence-electron chi connectivity index (χ0n) is 5.13. The SMILES string of the molecule is C=CC#CC=CCC=O. The third-order valence-electron chi connectivity index (χ3n) is 0.619. The Morgan fingerprint density at radius 3 is 2.78 bits per heavy atom. The molecule has 0 unspecified atom stereocenters. The molecule has 0 rings (SSSR count). The van der Waals surface area contributed by atoms with E-state index in [0.717, 1.165) is 6.29 Å². The Kier molecular flexibility index (Phi) is 5.75. The van der Waals surface area contributed by atoms with Gasteiger partial charge in [0, 0.05) is 6.42 Å². The van der Waals surface area contributed by atoms with E-state index in [2.05, 4.69) is 18.4 Å². The van der Waals surface area contributed by atoms with Crippen LogP contribution in [-0.4, -0.2) is 6.29 Å². The molecule has 0 aromatic rings. The number of carbonyl (C=O) groups excluding carboxylic acids is 1. The van der Waals surface area contributed by atoms with Gasteiger partial charge < -0.3 is 4.79 Å². The molecule has 0 N–H and O–H groups in total. The quantitative estimate of drug-likeness (QED) is 0.397. The van der Waals surface area contributed by atoms with E-state index in [4.69, 9.17) is 0 Å². The largest absolute Gasteiger partial charge is 0.303 e. The van der Waals surface area contributed by atoms with E-state index in [-0.39, 0.29) is 0 Å². The zero-order valence-corrected chi connectivity index (χ0v) is 5.13. The molecule has 1 nitrogen and oxygen atoms in total. The van der Waals surface area contributed by atoms with Crippen molar-refractivity contribution in [3.05, 3.63) is 24.8 Å². The molecule has 0 bridgehead atoms. The molecule has 0 heterocycles. The second kappa shape index (κ2) is 6.71. The van der Waals surface area contributed by atoms with E-state index >= 15 is 0 Å². The lowest BCUT2D eigenvalue weighted by molar-refractivity contribution is -0.107. The van der Waals surface area contributed by atoms with Crippen molar-refractivity contribution in [3.8, 4) is 11.8 Å². The van der Waals surface area contributed by atoms with Gasteiger partial charge in [-0.3, -0.25) is 0 Å². The number of hydrogen-bond acceptors (Lipinski definition) is 1. The summed E-state index contributed by atoms with van der Waals surface area (Å²) in [6.07, 6.45) is 6.10. The molecule has 0 saturated carbocycles. The minimum atomic E-state index is 0.436. The minimum Gasteiger partial charge on any atom is -0.303 e. The number of carbonyl (C=O) groups is 1. The maximum atomic E-state index is 9.72. The summed E-state index contributed by atoms with van der Waals surface area (Å²) in [5, 5.41) is 0. The highest BCUT2D eigenvalue weighted by molar-refractivity contribution is 5.52.